The SMILES string of the molecule is C=C1CC[C@H](O)C/C1=C\C=C1/C[C@H](O)C[C@]2(C)[C@@H]([C@H](C)CCCC(C)C)CC[C@@H]12. The summed E-state index contributed by atoms with van der Waals surface area (Å²) in [7, 11) is 0. The van der Waals surface area contributed by atoms with Crippen LogP contribution in [0.1, 0.15) is 91.9 Å². The van der Waals surface area contributed by atoms with Crippen molar-refractivity contribution in [3.8, 4) is 0 Å². The molecule has 0 saturated heterocycles. The van der Waals surface area contributed by atoms with E-state index < -0.39 is 0 Å². The van der Waals surface area contributed by atoms with Crippen molar-refractivity contribution in [1.29, 1.82) is 0 Å². The first-order chi connectivity index (χ1) is 13.7. The van der Waals surface area contributed by atoms with Crippen LogP contribution >= 0.6 is 0 Å². The van der Waals surface area contributed by atoms with Crippen LogP contribution in [0.3, 0.4) is 0 Å². The van der Waals surface area contributed by atoms with Gasteiger partial charge in [0.15, 0.2) is 0 Å². The number of aliphatic hydroxyl groups excluding tert-OH is 2. The number of allylic oxidation sites excluding steroid dienone is 3. The fraction of sp³-hybridized carbons (Fsp3) is 0.778. The molecule has 0 heterocycles. The lowest BCUT2D eigenvalue weighted by Gasteiger charge is -2.46. The topological polar surface area (TPSA) is 40.5 Å². The van der Waals surface area contributed by atoms with Gasteiger partial charge in [0, 0.05) is 0 Å². The van der Waals surface area contributed by atoms with Gasteiger partial charge in [-0.3, -0.25) is 0 Å². The molecule has 6 atom stereocenters. The Morgan fingerprint density at radius 3 is 2.52 bits per heavy atom. The monoisotopic (exact) mass is 400 g/mol. The first-order valence-electron chi connectivity index (χ1n) is 12.1. The molecule has 0 aromatic carbocycles. The summed E-state index contributed by atoms with van der Waals surface area (Å²) in [6, 6.07) is 0. The molecule has 164 valence electrons. The Balaban J connectivity index is 1.75. The van der Waals surface area contributed by atoms with E-state index in [4.69, 9.17) is 0 Å². The maximum absolute atomic E-state index is 10.8. The number of hydrogen-bond acceptors (Lipinski definition) is 2. The quantitative estimate of drug-likeness (QED) is 0.528. The second-order valence-corrected chi connectivity index (χ2v) is 11.0. The predicted molar refractivity (Wildman–Crippen MR) is 123 cm³/mol. The van der Waals surface area contributed by atoms with E-state index in [2.05, 4.69) is 46.4 Å². The van der Waals surface area contributed by atoms with E-state index in [0.717, 1.165) is 49.9 Å². The van der Waals surface area contributed by atoms with Gasteiger partial charge in [-0.05, 0) is 79.6 Å². The summed E-state index contributed by atoms with van der Waals surface area (Å²) < 4.78 is 0. The zero-order valence-electron chi connectivity index (χ0n) is 19.3. The van der Waals surface area contributed by atoms with E-state index in [9.17, 15) is 10.2 Å². The van der Waals surface area contributed by atoms with Crippen molar-refractivity contribution in [3.05, 3.63) is 35.5 Å². The Kier molecular flexibility index (Phi) is 7.49. The molecule has 3 aliphatic rings. The van der Waals surface area contributed by atoms with E-state index in [1.165, 1.54) is 48.8 Å². The zero-order chi connectivity index (χ0) is 21.2. The predicted octanol–water partition coefficient (Wildman–Crippen LogP) is 6.59. The van der Waals surface area contributed by atoms with Crippen LogP contribution in [0.5, 0.6) is 0 Å². The molecule has 3 aliphatic carbocycles. The molecule has 0 spiro atoms. The van der Waals surface area contributed by atoms with E-state index in [1.807, 2.05) is 0 Å². The van der Waals surface area contributed by atoms with Gasteiger partial charge >= 0.3 is 0 Å². The zero-order valence-corrected chi connectivity index (χ0v) is 19.3. The number of aliphatic hydroxyl groups is 2. The third-order valence-electron chi connectivity index (χ3n) is 8.32. The summed E-state index contributed by atoms with van der Waals surface area (Å²) in [5.41, 5.74) is 4.04. The maximum Gasteiger partial charge on any atom is 0.0583 e. The molecule has 2 nitrogen and oxygen atoms in total. The van der Waals surface area contributed by atoms with Gasteiger partial charge in [-0.1, -0.05) is 76.8 Å². The summed E-state index contributed by atoms with van der Waals surface area (Å²) in [5.74, 6) is 2.85. The van der Waals surface area contributed by atoms with Gasteiger partial charge in [0.2, 0.25) is 0 Å². The Morgan fingerprint density at radius 1 is 1.03 bits per heavy atom. The van der Waals surface area contributed by atoms with Crippen LogP contribution < -0.4 is 0 Å². The van der Waals surface area contributed by atoms with Crippen LogP contribution in [0.4, 0.5) is 0 Å². The van der Waals surface area contributed by atoms with Crippen molar-refractivity contribution in [2.24, 2.45) is 29.1 Å². The average molecular weight is 401 g/mol. The molecule has 0 amide bonds. The van der Waals surface area contributed by atoms with Gasteiger partial charge in [-0.25, -0.2) is 0 Å². The highest BCUT2D eigenvalue weighted by Crippen LogP contribution is 2.60. The molecule has 29 heavy (non-hydrogen) atoms. The average Bonchev–Trinajstić information content (AvgIpc) is 2.98. The van der Waals surface area contributed by atoms with Crippen molar-refractivity contribution in [2.75, 3.05) is 0 Å². The number of fused-ring (bicyclic) bond motifs is 1. The van der Waals surface area contributed by atoms with Gasteiger partial charge in [-0.2, -0.15) is 0 Å². The fourth-order valence-electron chi connectivity index (χ4n) is 6.72. The van der Waals surface area contributed by atoms with Crippen molar-refractivity contribution in [1.82, 2.24) is 0 Å². The first-order valence-corrected chi connectivity index (χ1v) is 12.1. The third-order valence-corrected chi connectivity index (χ3v) is 8.32. The standard InChI is InChI=1S/C27H44O2/c1-18(2)7-6-8-20(4)25-13-14-26-22(16-24(29)17-27(25,26)5)11-10-21-15-23(28)12-9-19(21)3/h10-11,18,20,23-26,28-29H,3,6-9,12-17H2,1-2,4-5H3/b21-10+,22-11+/t20-,23+,24+,25-,26+,27-/m1/s1. The molecule has 0 aromatic rings. The van der Waals surface area contributed by atoms with Crippen LogP contribution in [-0.4, -0.2) is 22.4 Å². The van der Waals surface area contributed by atoms with E-state index in [1.54, 1.807) is 0 Å². The van der Waals surface area contributed by atoms with Crippen molar-refractivity contribution in [3.63, 3.8) is 0 Å². The number of hydrogen-bond donors (Lipinski definition) is 2. The maximum atomic E-state index is 10.8. The highest BCUT2D eigenvalue weighted by Gasteiger charge is 2.52. The smallest absolute Gasteiger partial charge is 0.0583 e. The third kappa shape index (κ3) is 5.25. The molecular weight excluding hydrogens is 356 g/mol. The summed E-state index contributed by atoms with van der Waals surface area (Å²) in [4.78, 5) is 0. The largest absolute Gasteiger partial charge is 0.393 e. The van der Waals surface area contributed by atoms with Crippen LogP contribution in [-0.2, 0) is 0 Å². The van der Waals surface area contributed by atoms with E-state index >= 15 is 0 Å². The van der Waals surface area contributed by atoms with Gasteiger partial charge in [-0.15, -0.1) is 0 Å². The molecule has 0 bridgehead atoms. The molecule has 3 fully saturated rings. The lowest BCUT2D eigenvalue weighted by atomic mass is 9.60. The summed E-state index contributed by atoms with van der Waals surface area (Å²) >= 11 is 0. The highest BCUT2D eigenvalue weighted by atomic mass is 16.3. The van der Waals surface area contributed by atoms with Gasteiger partial charge in [0.1, 0.15) is 0 Å². The summed E-state index contributed by atoms with van der Waals surface area (Å²) in [6.07, 6.45) is 14.8. The summed E-state index contributed by atoms with van der Waals surface area (Å²) in [5, 5.41) is 20.8. The molecule has 0 radical (unpaired) electrons. The lowest BCUT2D eigenvalue weighted by molar-refractivity contribution is 0.0164. The van der Waals surface area contributed by atoms with Crippen LogP contribution in [0.25, 0.3) is 0 Å². The molecule has 3 rings (SSSR count). The highest BCUT2D eigenvalue weighted by molar-refractivity contribution is 5.36. The van der Waals surface area contributed by atoms with Crippen molar-refractivity contribution in [2.45, 2.75) is 104 Å². The van der Waals surface area contributed by atoms with E-state index in [0.29, 0.717) is 5.92 Å². The molecule has 2 N–H and O–H groups in total. The van der Waals surface area contributed by atoms with Crippen molar-refractivity contribution < 1.29 is 10.2 Å². The Bertz CT molecular complexity index is 643. The summed E-state index contributed by atoms with van der Waals surface area (Å²) in [6.45, 7) is 13.8. The second-order valence-electron chi connectivity index (χ2n) is 11.0. The minimum Gasteiger partial charge on any atom is -0.393 e. The molecule has 0 aliphatic heterocycles. The van der Waals surface area contributed by atoms with Gasteiger partial charge in [0.25, 0.3) is 0 Å². The minimum absolute atomic E-state index is 0.218. The second kappa shape index (κ2) is 9.52. The van der Waals surface area contributed by atoms with Crippen LogP contribution in [0, 0.1) is 29.1 Å². The molecule has 3 saturated carbocycles. The van der Waals surface area contributed by atoms with Crippen molar-refractivity contribution >= 4 is 0 Å². The normalized spacial score (nSPS) is 39.3. The Morgan fingerprint density at radius 2 is 1.79 bits per heavy atom. The van der Waals surface area contributed by atoms with Crippen LogP contribution in [0.2, 0.25) is 0 Å². The molecule has 0 unspecified atom stereocenters. The molecule has 2 heteroatoms. The number of rotatable bonds is 6. The Labute approximate surface area is 179 Å². The first kappa shape index (κ1) is 22.8. The van der Waals surface area contributed by atoms with Crippen LogP contribution in [0.15, 0.2) is 35.5 Å². The minimum atomic E-state index is -0.227. The molecule has 0 aromatic heterocycles. The van der Waals surface area contributed by atoms with E-state index in [-0.39, 0.29) is 17.6 Å². The lowest BCUT2D eigenvalue weighted by Crippen LogP contribution is -2.40. The molecular formula is C27H44O2. The van der Waals surface area contributed by atoms with Gasteiger partial charge < -0.3 is 10.2 Å². The Hall–Kier alpha value is -0.860. The fourth-order valence-corrected chi connectivity index (χ4v) is 6.72. The van der Waals surface area contributed by atoms with Gasteiger partial charge in [0.05, 0.1) is 12.2 Å².